The summed E-state index contributed by atoms with van der Waals surface area (Å²) >= 11 is 0. The van der Waals surface area contributed by atoms with Crippen molar-refractivity contribution in [1.82, 2.24) is 9.97 Å². The first-order valence-corrected chi connectivity index (χ1v) is 9.59. The second-order valence-electron chi connectivity index (χ2n) is 6.88. The van der Waals surface area contributed by atoms with Crippen molar-refractivity contribution in [2.45, 2.75) is 57.8 Å². The van der Waals surface area contributed by atoms with Crippen LogP contribution in [0.3, 0.4) is 0 Å². The first-order chi connectivity index (χ1) is 12.8. The summed E-state index contributed by atoms with van der Waals surface area (Å²) in [6.07, 6.45) is 12.9. The number of unbranched alkanes of at least 4 members (excludes halogenated alkanes) is 6. The molecule has 2 heterocycles. The molecule has 0 radical (unpaired) electrons. The SMILES string of the molecule is O=C(O)CCCCCCCCCc1ccnc2c1ccc1cccnc12. The molecule has 4 heteroatoms. The molecule has 0 amide bonds. The van der Waals surface area contributed by atoms with Crippen LogP contribution >= 0.6 is 0 Å². The molecule has 0 spiro atoms. The molecular weight excluding hydrogens is 324 g/mol. The quantitative estimate of drug-likeness (QED) is 0.386. The highest BCUT2D eigenvalue weighted by Gasteiger charge is 2.06. The molecule has 26 heavy (non-hydrogen) atoms. The van der Waals surface area contributed by atoms with Crippen molar-refractivity contribution in [3.05, 3.63) is 48.3 Å². The lowest BCUT2D eigenvalue weighted by Crippen LogP contribution is -1.93. The molecule has 2 aromatic heterocycles. The molecule has 1 N–H and O–H groups in total. The van der Waals surface area contributed by atoms with Crippen molar-refractivity contribution in [2.75, 3.05) is 0 Å². The number of nitrogens with zero attached hydrogens (tertiary/aromatic N) is 2. The van der Waals surface area contributed by atoms with Crippen LogP contribution in [-0.2, 0) is 11.2 Å². The van der Waals surface area contributed by atoms with Crippen LogP contribution in [0.25, 0.3) is 21.8 Å². The number of carboxylic acids is 1. The summed E-state index contributed by atoms with van der Waals surface area (Å²) in [5.74, 6) is -0.683. The molecule has 0 saturated heterocycles. The van der Waals surface area contributed by atoms with Gasteiger partial charge in [0.2, 0.25) is 0 Å². The molecule has 0 fully saturated rings. The van der Waals surface area contributed by atoms with Gasteiger partial charge in [-0.05, 0) is 37.0 Å². The number of carboxylic acid groups (broad SMARTS) is 1. The van der Waals surface area contributed by atoms with Gasteiger partial charge in [0.05, 0.1) is 11.0 Å². The Morgan fingerprint density at radius 1 is 0.808 bits per heavy atom. The Balaban J connectivity index is 1.49. The molecular formula is C22H26N2O2. The van der Waals surface area contributed by atoms with E-state index in [0.29, 0.717) is 6.42 Å². The lowest BCUT2D eigenvalue weighted by molar-refractivity contribution is -0.137. The van der Waals surface area contributed by atoms with Crippen LogP contribution < -0.4 is 0 Å². The number of aromatic nitrogens is 2. The second-order valence-corrected chi connectivity index (χ2v) is 6.88. The summed E-state index contributed by atoms with van der Waals surface area (Å²) in [6, 6.07) is 10.5. The molecule has 0 aliphatic carbocycles. The zero-order valence-electron chi connectivity index (χ0n) is 15.2. The molecule has 136 valence electrons. The van der Waals surface area contributed by atoms with Gasteiger partial charge in [0.1, 0.15) is 0 Å². The van der Waals surface area contributed by atoms with E-state index in [2.05, 4.69) is 34.2 Å². The third-order valence-corrected chi connectivity index (χ3v) is 4.91. The van der Waals surface area contributed by atoms with Crippen LogP contribution in [0.1, 0.15) is 56.9 Å². The van der Waals surface area contributed by atoms with Crippen molar-refractivity contribution in [1.29, 1.82) is 0 Å². The molecule has 4 nitrogen and oxygen atoms in total. The Labute approximate surface area is 154 Å². The molecule has 0 aliphatic rings. The Hall–Kier alpha value is -2.49. The van der Waals surface area contributed by atoms with E-state index in [-0.39, 0.29) is 0 Å². The summed E-state index contributed by atoms with van der Waals surface area (Å²) in [6.45, 7) is 0. The minimum atomic E-state index is -0.683. The Bertz CT molecular complexity index is 876. The molecule has 0 unspecified atom stereocenters. The lowest BCUT2D eigenvalue weighted by atomic mass is 10.0. The fourth-order valence-corrected chi connectivity index (χ4v) is 3.50. The molecule has 0 atom stereocenters. The molecule has 0 saturated carbocycles. The summed E-state index contributed by atoms with van der Waals surface area (Å²) in [7, 11) is 0. The molecule has 0 bridgehead atoms. The minimum Gasteiger partial charge on any atom is -0.481 e. The molecule has 3 rings (SSSR count). The van der Waals surface area contributed by atoms with Gasteiger partial charge in [-0.25, -0.2) is 0 Å². The summed E-state index contributed by atoms with van der Waals surface area (Å²) in [4.78, 5) is 19.5. The van der Waals surface area contributed by atoms with Gasteiger partial charge in [-0.15, -0.1) is 0 Å². The van der Waals surface area contributed by atoms with Gasteiger partial charge in [-0.3, -0.25) is 14.8 Å². The van der Waals surface area contributed by atoms with Crippen molar-refractivity contribution in [2.24, 2.45) is 0 Å². The van der Waals surface area contributed by atoms with E-state index in [1.54, 1.807) is 0 Å². The van der Waals surface area contributed by atoms with Crippen LogP contribution in [0.5, 0.6) is 0 Å². The normalized spacial score (nSPS) is 11.2. The minimum absolute atomic E-state index is 0.304. The summed E-state index contributed by atoms with van der Waals surface area (Å²) in [5.41, 5.74) is 3.33. The van der Waals surface area contributed by atoms with E-state index in [9.17, 15) is 4.79 Å². The van der Waals surface area contributed by atoms with E-state index >= 15 is 0 Å². The average Bonchev–Trinajstić information content (AvgIpc) is 2.66. The van der Waals surface area contributed by atoms with E-state index in [4.69, 9.17) is 5.11 Å². The number of hydrogen-bond donors (Lipinski definition) is 1. The molecule has 1 aromatic carbocycles. The van der Waals surface area contributed by atoms with Gasteiger partial charge >= 0.3 is 5.97 Å². The number of aliphatic carboxylic acids is 1. The van der Waals surface area contributed by atoms with Gasteiger partial charge in [-0.1, -0.05) is 50.3 Å². The fraction of sp³-hybridized carbons (Fsp3) is 0.409. The second kappa shape index (κ2) is 9.27. The smallest absolute Gasteiger partial charge is 0.303 e. The number of pyridine rings is 2. The van der Waals surface area contributed by atoms with Crippen LogP contribution in [0, 0.1) is 0 Å². The zero-order chi connectivity index (χ0) is 18.2. The number of carbonyl (C=O) groups is 1. The fourth-order valence-electron chi connectivity index (χ4n) is 3.50. The molecule has 3 aromatic rings. The van der Waals surface area contributed by atoms with Crippen molar-refractivity contribution in [3.63, 3.8) is 0 Å². The number of fused-ring (bicyclic) bond motifs is 3. The first kappa shape index (κ1) is 18.3. The van der Waals surface area contributed by atoms with Crippen LogP contribution in [0.4, 0.5) is 0 Å². The summed E-state index contributed by atoms with van der Waals surface area (Å²) in [5, 5.41) is 11.0. The maximum Gasteiger partial charge on any atom is 0.303 e. The zero-order valence-corrected chi connectivity index (χ0v) is 15.2. The number of aryl methyl sites for hydroxylation is 1. The van der Waals surface area contributed by atoms with Crippen LogP contribution in [-0.4, -0.2) is 21.0 Å². The van der Waals surface area contributed by atoms with Gasteiger partial charge in [-0.2, -0.15) is 0 Å². The maximum atomic E-state index is 10.5. The van der Waals surface area contributed by atoms with E-state index in [0.717, 1.165) is 42.1 Å². The highest BCUT2D eigenvalue weighted by molar-refractivity contribution is 6.03. The van der Waals surface area contributed by atoms with Crippen molar-refractivity contribution < 1.29 is 9.90 Å². The lowest BCUT2D eigenvalue weighted by Gasteiger charge is -2.08. The Morgan fingerprint density at radius 3 is 2.35 bits per heavy atom. The maximum absolute atomic E-state index is 10.5. The number of benzene rings is 1. The van der Waals surface area contributed by atoms with Crippen LogP contribution in [0.2, 0.25) is 0 Å². The van der Waals surface area contributed by atoms with Crippen molar-refractivity contribution >= 4 is 27.8 Å². The van der Waals surface area contributed by atoms with Gasteiger partial charge < -0.3 is 5.11 Å². The average molecular weight is 350 g/mol. The monoisotopic (exact) mass is 350 g/mol. The molecule has 0 aliphatic heterocycles. The highest BCUT2D eigenvalue weighted by Crippen LogP contribution is 2.25. The van der Waals surface area contributed by atoms with Crippen LogP contribution in [0.15, 0.2) is 42.7 Å². The number of hydrogen-bond acceptors (Lipinski definition) is 3. The van der Waals surface area contributed by atoms with E-state index in [1.807, 2.05) is 18.5 Å². The standard InChI is InChI=1S/C22H26N2O2/c25-20(26)11-7-5-3-1-2-4-6-9-17-14-16-24-22-19(17)13-12-18-10-8-15-23-21(18)22/h8,10,12-16H,1-7,9,11H2,(H,25,26). The third kappa shape index (κ3) is 4.78. The third-order valence-electron chi connectivity index (χ3n) is 4.91. The van der Waals surface area contributed by atoms with E-state index < -0.39 is 5.97 Å². The predicted molar refractivity (Wildman–Crippen MR) is 105 cm³/mol. The largest absolute Gasteiger partial charge is 0.481 e. The summed E-state index contributed by atoms with van der Waals surface area (Å²) < 4.78 is 0. The Morgan fingerprint density at radius 2 is 1.54 bits per heavy atom. The van der Waals surface area contributed by atoms with Crippen molar-refractivity contribution in [3.8, 4) is 0 Å². The van der Waals surface area contributed by atoms with Gasteiger partial charge in [0.15, 0.2) is 0 Å². The topological polar surface area (TPSA) is 63.1 Å². The highest BCUT2D eigenvalue weighted by atomic mass is 16.4. The van der Waals surface area contributed by atoms with Gasteiger partial charge in [0, 0.05) is 29.6 Å². The first-order valence-electron chi connectivity index (χ1n) is 9.59. The Kier molecular flexibility index (Phi) is 6.53. The van der Waals surface area contributed by atoms with Gasteiger partial charge in [0.25, 0.3) is 0 Å². The number of rotatable bonds is 10. The van der Waals surface area contributed by atoms with E-state index in [1.165, 1.54) is 36.6 Å². The predicted octanol–water partition coefficient (Wildman–Crippen LogP) is 5.53.